The van der Waals surface area contributed by atoms with Crippen molar-refractivity contribution in [2.75, 3.05) is 24.7 Å². The minimum absolute atomic E-state index is 0.0241. The van der Waals surface area contributed by atoms with Crippen molar-refractivity contribution in [1.29, 1.82) is 0 Å². The zero-order valence-electron chi connectivity index (χ0n) is 14.8. The summed E-state index contributed by atoms with van der Waals surface area (Å²) in [4.78, 5) is 26.2. The second-order valence-electron chi connectivity index (χ2n) is 6.49. The van der Waals surface area contributed by atoms with Crippen LogP contribution < -0.4 is 19.7 Å². The van der Waals surface area contributed by atoms with Crippen molar-refractivity contribution in [2.45, 2.75) is 12.5 Å². The molecular weight excluding hydrogens is 344 g/mol. The first kappa shape index (κ1) is 17.1. The van der Waals surface area contributed by atoms with Gasteiger partial charge in [0.05, 0.1) is 6.04 Å². The SMILES string of the molecule is O=C(/C=C\c1ccccc1)N[C@@H]1CC(=O)N(c2ccc3c(c2)OCCO3)C1. The molecule has 2 aromatic carbocycles. The summed E-state index contributed by atoms with van der Waals surface area (Å²) in [6.45, 7) is 1.46. The van der Waals surface area contributed by atoms with Gasteiger partial charge in [-0.3, -0.25) is 9.59 Å². The molecule has 2 heterocycles. The summed E-state index contributed by atoms with van der Waals surface area (Å²) in [5.74, 6) is 1.10. The maximum atomic E-state index is 12.4. The number of amides is 2. The summed E-state index contributed by atoms with van der Waals surface area (Å²) in [6, 6.07) is 14.8. The van der Waals surface area contributed by atoms with E-state index in [1.165, 1.54) is 6.08 Å². The van der Waals surface area contributed by atoms with Crippen LogP contribution in [0.3, 0.4) is 0 Å². The molecule has 0 aromatic heterocycles. The van der Waals surface area contributed by atoms with Crippen molar-refractivity contribution in [3.63, 3.8) is 0 Å². The Bertz CT molecular complexity index is 879. The Morgan fingerprint density at radius 3 is 2.67 bits per heavy atom. The Labute approximate surface area is 157 Å². The monoisotopic (exact) mass is 364 g/mol. The van der Waals surface area contributed by atoms with Crippen molar-refractivity contribution >= 4 is 23.6 Å². The van der Waals surface area contributed by atoms with Gasteiger partial charge in [-0.15, -0.1) is 0 Å². The number of fused-ring (bicyclic) bond motifs is 1. The predicted octanol–water partition coefficient (Wildman–Crippen LogP) is 2.39. The summed E-state index contributed by atoms with van der Waals surface area (Å²) < 4.78 is 11.1. The van der Waals surface area contributed by atoms with Gasteiger partial charge < -0.3 is 19.7 Å². The maximum absolute atomic E-state index is 12.4. The molecule has 0 radical (unpaired) electrons. The minimum Gasteiger partial charge on any atom is -0.486 e. The average Bonchev–Trinajstić information content (AvgIpc) is 3.07. The second kappa shape index (κ2) is 7.53. The molecule has 0 spiro atoms. The van der Waals surface area contributed by atoms with Crippen LogP contribution in [0.1, 0.15) is 12.0 Å². The summed E-state index contributed by atoms with van der Waals surface area (Å²) in [7, 11) is 0. The Kier molecular flexibility index (Phi) is 4.78. The first-order valence-electron chi connectivity index (χ1n) is 8.93. The molecule has 6 heteroatoms. The Hall–Kier alpha value is -3.28. The third-order valence-corrected chi connectivity index (χ3v) is 4.54. The van der Waals surface area contributed by atoms with Gasteiger partial charge in [-0.2, -0.15) is 0 Å². The lowest BCUT2D eigenvalue weighted by molar-refractivity contribution is -0.117. The van der Waals surface area contributed by atoms with Gasteiger partial charge in [0, 0.05) is 30.8 Å². The molecule has 2 amide bonds. The van der Waals surface area contributed by atoms with E-state index < -0.39 is 0 Å². The molecule has 1 atom stereocenters. The number of carbonyl (C=O) groups is 2. The van der Waals surface area contributed by atoms with Gasteiger partial charge in [0.2, 0.25) is 11.8 Å². The smallest absolute Gasteiger partial charge is 0.244 e. The van der Waals surface area contributed by atoms with Gasteiger partial charge in [-0.05, 0) is 23.8 Å². The van der Waals surface area contributed by atoms with Crippen LogP contribution in [-0.4, -0.2) is 37.6 Å². The van der Waals surface area contributed by atoms with Gasteiger partial charge in [0.1, 0.15) is 13.2 Å². The highest BCUT2D eigenvalue weighted by molar-refractivity contribution is 5.98. The largest absolute Gasteiger partial charge is 0.486 e. The molecule has 6 nitrogen and oxygen atoms in total. The lowest BCUT2D eigenvalue weighted by Gasteiger charge is -2.22. The zero-order valence-corrected chi connectivity index (χ0v) is 14.8. The van der Waals surface area contributed by atoms with Crippen molar-refractivity contribution in [3.8, 4) is 11.5 Å². The van der Waals surface area contributed by atoms with Crippen LogP contribution in [0, 0.1) is 0 Å². The topological polar surface area (TPSA) is 67.9 Å². The van der Waals surface area contributed by atoms with E-state index >= 15 is 0 Å². The number of carbonyl (C=O) groups excluding carboxylic acids is 2. The Morgan fingerprint density at radius 1 is 1.07 bits per heavy atom. The fourth-order valence-corrected chi connectivity index (χ4v) is 3.24. The van der Waals surface area contributed by atoms with E-state index in [-0.39, 0.29) is 24.3 Å². The van der Waals surface area contributed by atoms with E-state index in [1.54, 1.807) is 11.0 Å². The molecule has 0 bridgehead atoms. The number of hydrogen-bond acceptors (Lipinski definition) is 4. The van der Waals surface area contributed by atoms with Crippen LogP contribution in [0.4, 0.5) is 5.69 Å². The predicted molar refractivity (Wildman–Crippen MR) is 102 cm³/mol. The van der Waals surface area contributed by atoms with E-state index in [0.29, 0.717) is 31.3 Å². The Morgan fingerprint density at radius 2 is 1.85 bits per heavy atom. The third-order valence-electron chi connectivity index (χ3n) is 4.54. The maximum Gasteiger partial charge on any atom is 0.244 e. The second-order valence-corrected chi connectivity index (χ2v) is 6.49. The average molecular weight is 364 g/mol. The molecule has 1 N–H and O–H groups in total. The summed E-state index contributed by atoms with van der Waals surface area (Å²) in [5.41, 5.74) is 1.70. The number of hydrogen-bond donors (Lipinski definition) is 1. The molecule has 1 saturated heterocycles. The number of nitrogens with one attached hydrogen (secondary N) is 1. The number of benzene rings is 2. The fourth-order valence-electron chi connectivity index (χ4n) is 3.24. The standard InChI is InChI=1S/C21H20N2O4/c24-20(9-6-15-4-2-1-3-5-15)22-16-12-21(25)23(14-16)17-7-8-18-19(13-17)27-11-10-26-18/h1-9,13,16H,10-12,14H2,(H,22,24)/b9-6-/t16-/m1/s1. The molecule has 0 saturated carbocycles. The minimum atomic E-state index is -0.223. The number of nitrogens with zero attached hydrogens (tertiary/aromatic N) is 1. The van der Waals surface area contributed by atoms with Crippen molar-refractivity contribution in [3.05, 3.63) is 60.2 Å². The van der Waals surface area contributed by atoms with Crippen LogP contribution in [-0.2, 0) is 9.59 Å². The van der Waals surface area contributed by atoms with Crippen LogP contribution in [0.15, 0.2) is 54.6 Å². The first-order valence-corrected chi connectivity index (χ1v) is 8.93. The van der Waals surface area contributed by atoms with E-state index in [0.717, 1.165) is 11.3 Å². The van der Waals surface area contributed by atoms with Crippen LogP contribution in [0.25, 0.3) is 6.08 Å². The molecule has 2 aromatic rings. The third kappa shape index (κ3) is 3.95. The highest BCUT2D eigenvalue weighted by atomic mass is 16.6. The molecule has 4 rings (SSSR count). The summed E-state index contributed by atoms with van der Waals surface area (Å²) in [6.07, 6.45) is 3.52. The van der Waals surface area contributed by atoms with E-state index in [9.17, 15) is 9.59 Å². The fraction of sp³-hybridized carbons (Fsp3) is 0.238. The van der Waals surface area contributed by atoms with Crippen LogP contribution >= 0.6 is 0 Å². The number of ether oxygens (including phenoxy) is 2. The van der Waals surface area contributed by atoms with Crippen LogP contribution in [0.5, 0.6) is 11.5 Å². The van der Waals surface area contributed by atoms with E-state index in [4.69, 9.17) is 9.47 Å². The summed E-state index contributed by atoms with van der Waals surface area (Å²) >= 11 is 0. The molecule has 27 heavy (non-hydrogen) atoms. The quantitative estimate of drug-likeness (QED) is 0.846. The molecular formula is C21H20N2O4. The van der Waals surface area contributed by atoms with Crippen molar-refractivity contribution in [1.82, 2.24) is 5.32 Å². The highest BCUT2D eigenvalue weighted by Crippen LogP contribution is 2.35. The highest BCUT2D eigenvalue weighted by Gasteiger charge is 2.32. The van der Waals surface area contributed by atoms with Gasteiger partial charge in [0.25, 0.3) is 0 Å². The zero-order chi connectivity index (χ0) is 18.6. The van der Waals surface area contributed by atoms with Gasteiger partial charge >= 0.3 is 0 Å². The van der Waals surface area contributed by atoms with Crippen molar-refractivity contribution < 1.29 is 19.1 Å². The van der Waals surface area contributed by atoms with Gasteiger partial charge in [-0.1, -0.05) is 30.3 Å². The van der Waals surface area contributed by atoms with Crippen molar-refractivity contribution in [2.24, 2.45) is 0 Å². The van der Waals surface area contributed by atoms with Gasteiger partial charge in [-0.25, -0.2) is 0 Å². The molecule has 2 aliphatic rings. The first-order chi connectivity index (χ1) is 13.2. The lowest BCUT2D eigenvalue weighted by atomic mass is 10.2. The molecule has 138 valence electrons. The Balaban J connectivity index is 1.39. The molecule has 1 fully saturated rings. The van der Waals surface area contributed by atoms with Gasteiger partial charge in [0.15, 0.2) is 11.5 Å². The normalized spacial score (nSPS) is 18.7. The molecule has 2 aliphatic heterocycles. The van der Waals surface area contributed by atoms with E-state index in [2.05, 4.69) is 5.32 Å². The summed E-state index contributed by atoms with van der Waals surface area (Å²) in [5, 5.41) is 2.90. The number of anilines is 1. The molecule has 0 aliphatic carbocycles. The lowest BCUT2D eigenvalue weighted by Crippen LogP contribution is -2.36. The number of rotatable bonds is 4. The molecule has 0 unspecified atom stereocenters. The van der Waals surface area contributed by atoms with Crippen LogP contribution in [0.2, 0.25) is 0 Å². The van der Waals surface area contributed by atoms with E-state index in [1.807, 2.05) is 48.5 Å².